The third-order valence-electron chi connectivity index (χ3n) is 7.72. The van der Waals surface area contributed by atoms with Gasteiger partial charge in [0.1, 0.15) is 30.1 Å². The van der Waals surface area contributed by atoms with Crippen LogP contribution in [0.15, 0.2) is 48.9 Å². The Balaban J connectivity index is 1.22. The zero-order valence-corrected chi connectivity index (χ0v) is 22.2. The van der Waals surface area contributed by atoms with Crippen molar-refractivity contribution in [3.8, 4) is 16.9 Å². The number of nitrogen functional groups attached to an aromatic ring is 1. The molecule has 3 N–H and O–H groups in total. The number of carbonyl (C=O) groups excluding carboxylic acids is 1. The van der Waals surface area contributed by atoms with Gasteiger partial charge in [-0.1, -0.05) is 23.4 Å². The van der Waals surface area contributed by atoms with Crippen LogP contribution in [0.25, 0.3) is 22.2 Å². The van der Waals surface area contributed by atoms with Gasteiger partial charge in [0.05, 0.1) is 23.3 Å². The number of rotatable bonds is 9. The van der Waals surface area contributed by atoms with Gasteiger partial charge in [0.25, 0.3) is 0 Å². The molecule has 202 valence electrons. The van der Waals surface area contributed by atoms with Crippen molar-refractivity contribution in [3.63, 3.8) is 0 Å². The van der Waals surface area contributed by atoms with Gasteiger partial charge in [0, 0.05) is 43.0 Å². The standard InChI is InChI=1S/C28H33N9O2/c1-18-25(19-5-9-23(10-6-19)39-16-20-14-32-34-33-20)26-27(29)30-17-31-28(26)37(18)22-11-13-36(15-22)24(38)4-3-12-35(2)21-7-8-21/h3-6,9-10,14,17,21-22H,7-8,11-13,15-16H2,1-2H3,(H2,29,30,31)(H,32,33,34)/t22-/m1/s1. The molecule has 3 aromatic heterocycles. The van der Waals surface area contributed by atoms with Crippen molar-refractivity contribution in [2.75, 3.05) is 32.4 Å². The van der Waals surface area contributed by atoms with Crippen LogP contribution < -0.4 is 10.5 Å². The highest BCUT2D eigenvalue weighted by molar-refractivity contribution is 6.02. The topological polar surface area (TPSA) is 131 Å². The minimum Gasteiger partial charge on any atom is -0.487 e. The molecule has 1 saturated heterocycles. The fourth-order valence-corrected chi connectivity index (χ4v) is 5.48. The van der Waals surface area contributed by atoms with E-state index in [-0.39, 0.29) is 11.9 Å². The first-order valence-corrected chi connectivity index (χ1v) is 13.3. The highest BCUT2D eigenvalue weighted by Gasteiger charge is 2.31. The lowest BCUT2D eigenvalue weighted by molar-refractivity contribution is -0.125. The van der Waals surface area contributed by atoms with Gasteiger partial charge in [0.15, 0.2) is 0 Å². The Morgan fingerprint density at radius 2 is 2.05 bits per heavy atom. The molecule has 2 aliphatic rings. The number of likely N-dealkylation sites (tertiary alicyclic amines) is 1. The first kappa shape index (κ1) is 25.1. The summed E-state index contributed by atoms with van der Waals surface area (Å²) < 4.78 is 8.08. The van der Waals surface area contributed by atoms with Gasteiger partial charge in [0.2, 0.25) is 5.91 Å². The first-order chi connectivity index (χ1) is 19.0. The molecule has 11 nitrogen and oxygen atoms in total. The zero-order chi connectivity index (χ0) is 26.9. The molecule has 0 radical (unpaired) electrons. The highest BCUT2D eigenvalue weighted by Crippen LogP contribution is 2.40. The predicted molar refractivity (Wildman–Crippen MR) is 148 cm³/mol. The van der Waals surface area contributed by atoms with E-state index in [1.165, 1.54) is 19.2 Å². The summed E-state index contributed by atoms with van der Waals surface area (Å²) in [5.41, 5.74) is 11.1. The summed E-state index contributed by atoms with van der Waals surface area (Å²) >= 11 is 0. The Labute approximate surface area is 226 Å². The SMILES string of the molecule is Cc1c(-c2ccc(OCc3cnn[nH]3)cc2)c2c(N)ncnc2n1[C@@H]1CCN(C(=O)C=CCN(C)C2CC2)C1. The number of H-pyrrole nitrogens is 1. The Morgan fingerprint density at radius 3 is 2.79 bits per heavy atom. The lowest BCUT2D eigenvalue weighted by atomic mass is 10.0. The molecule has 2 fully saturated rings. The number of fused-ring (bicyclic) bond motifs is 1. The number of anilines is 1. The summed E-state index contributed by atoms with van der Waals surface area (Å²) in [4.78, 5) is 26.1. The predicted octanol–water partition coefficient (Wildman–Crippen LogP) is 3.11. The average molecular weight is 528 g/mol. The Bertz CT molecular complexity index is 1490. The summed E-state index contributed by atoms with van der Waals surface area (Å²) in [5, 5.41) is 11.1. The maximum Gasteiger partial charge on any atom is 0.246 e. The number of carbonyl (C=O) groups is 1. The molecule has 6 rings (SSSR count). The van der Waals surface area contributed by atoms with E-state index >= 15 is 0 Å². The number of hydrogen-bond donors (Lipinski definition) is 2. The maximum atomic E-state index is 12.9. The van der Waals surface area contributed by atoms with Crippen molar-refractivity contribution in [3.05, 3.63) is 60.3 Å². The van der Waals surface area contributed by atoms with Crippen LogP contribution in [0.1, 0.15) is 36.7 Å². The van der Waals surface area contributed by atoms with Crippen molar-refractivity contribution in [1.29, 1.82) is 0 Å². The van der Waals surface area contributed by atoms with E-state index in [9.17, 15) is 4.79 Å². The normalized spacial score (nSPS) is 17.6. The summed E-state index contributed by atoms with van der Waals surface area (Å²) in [6.07, 6.45) is 10.2. The smallest absolute Gasteiger partial charge is 0.246 e. The Hall–Kier alpha value is -4.25. The van der Waals surface area contributed by atoms with E-state index in [0.29, 0.717) is 31.6 Å². The van der Waals surface area contributed by atoms with E-state index in [1.807, 2.05) is 35.2 Å². The van der Waals surface area contributed by atoms with E-state index in [0.717, 1.165) is 52.3 Å². The van der Waals surface area contributed by atoms with Gasteiger partial charge < -0.3 is 19.9 Å². The molecule has 4 aromatic rings. The van der Waals surface area contributed by atoms with Crippen LogP contribution in [0.3, 0.4) is 0 Å². The molecular weight excluding hydrogens is 494 g/mol. The van der Waals surface area contributed by atoms with Gasteiger partial charge >= 0.3 is 0 Å². The molecule has 0 bridgehead atoms. The number of amides is 1. The van der Waals surface area contributed by atoms with Gasteiger partial charge in [-0.3, -0.25) is 14.8 Å². The molecule has 4 heterocycles. The highest BCUT2D eigenvalue weighted by atomic mass is 16.5. The van der Waals surface area contributed by atoms with Crippen LogP contribution in [0.4, 0.5) is 5.82 Å². The van der Waals surface area contributed by atoms with Crippen LogP contribution in [0.2, 0.25) is 0 Å². The number of hydrogen-bond acceptors (Lipinski definition) is 8. The molecule has 1 aliphatic heterocycles. The maximum absolute atomic E-state index is 12.9. The van der Waals surface area contributed by atoms with E-state index in [2.05, 4.69) is 48.8 Å². The second-order valence-corrected chi connectivity index (χ2v) is 10.4. The fraction of sp³-hybridized carbons (Fsp3) is 0.393. The minimum absolute atomic E-state index is 0.0617. The number of ether oxygens (including phenoxy) is 1. The van der Waals surface area contributed by atoms with Gasteiger partial charge in [-0.25, -0.2) is 9.97 Å². The number of likely N-dealkylation sites (N-methyl/N-ethyl adjacent to an activating group) is 1. The van der Waals surface area contributed by atoms with Crippen molar-refractivity contribution in [2.24, 2.45) is 0 Å². The molecule has 1 aliphatic carbocycles. The van der Waals surface area contributed by atoms with Crippen LogP contribution >= 0.6 is 0 Å². The van der Waals surface area contributed by atoms with Crippen LogP contribution in [-0.4, -0.2) is 78.4 Å². The summed E-state index contributed by atoms with van der Waals surface area (Å²) in [6, 6.07) is 8.69. The summed E-state index contributed by atoms with van der Waals surface area (Å²) in [7, 11) is 2.11. The lowest BCUT2D eigenvalue weighted by Crippen LogP contribution is -2.28. The quantitative estimate of drug-likeness (QED) is 0.318. The third kappa shape index (κ3) is 5.09. The molecule has 1 atom stereocenters. The first-order valence-electron chi connectivity index (χ1n) is 13.3. The van der Waals surface area contributed by atoms with Crippen molar-refractivity contribution in [1.82, 2.24) is 39.7 Å². The molecule has 1 saturated carbocycles. The number of aromatic nitrogens is 6. The summed E-state index contributed by atoms with van der Waals surface area (Å²) in [5.74, 6) is 1.24. The van der Waals surface area contributed by atoms with E-state index in [4.69, 9.17) is 10.5 Å². The van der Waals surface area contributed by atoms with E-state index < -0.39 is 0 Å². The van der Waals surface area contributed by atoms with Crippen molar-refractivity contribution in [2.45, 2.75) is 44.9 Å². The van der Waals surface area contributed by atoms with Gasteiger partial charge in [-0.15, -0.1) is 5.10 Å². The van der Waals surface area contributed by atoms with Gasteiger partial charge in [-0.2, -0.15) is 0 Å². The fourth-order valence-electron chi connectivity index (χ4n) is 5.48. The monoisotopic (exact) mass is 527 g/mol. The van der Waals surface area contributed by atoms with Crippen LogP contribution in [0.5, 0.6) is 5.75 Å². The average Bonchev–Trinajstić information content (AvgIpc) is 3.31. The molecule has 1 aromatic carbocycles. The second-order valence-electron chi connectivity index (χ2n) is 10.4. The Kier molecular flexibility index (Phi) is 6.74. The number of nitrogens with zero attached hydrogens (tertiary/aromatic N) is 7. The third-order valence-corrected chi connectivity index (χ3v) is 7.72. The molecule has 0 spiro atoms. The van der Waals surface area contributed by atoms with Crippen LogP contribution in [0, 0.1) is 6.92 Å². The second kappa shape index (κ2) is 10.5. The number of benzene rings is 1. The zero-order valence-electron chi connectivity index (χ0n) is 22.2. The van der Waals surface area contributed by atoms with E-state index in [1.54, 1.807) is 12.3 Å². The molecule has 11 heteroatoms. The largest absolute Gasteiger partial charge is 0.487 e. The molecule has 39 heavy (non-hydrogen) atoms. The number of nitrogens with one attached hydrogen (secondary N) is 1. The van der Waals surface area contributed by atoms with Crippen LogP contribution in [-0.2, 0) is 11.4 Å². The molecule has 1 amide bonds. The minimum atomic E-state index is 0.0617. The van der Waals surface area contributed by atoms with Crippen molar-refractivity contribution < 1.29 is 9.53 Å². The van der Waals surface area contributed by atoms with Gasteiger partial charge in [-0.05, 0) is 50.9 Å². The molecule has 0 unspecified atom stereocenters. The number of aromatic amines is 1. The van der Waals surface area contributed by atoms with Crippen molar-refractivity contribution >= 4 is 22.8 Å². The number of nitrogens with two attached hydrogens (primary N) is 1. The summed E-state index contributed by atoms with van der Waals surface area (Å²) in [6.45, 7) is 4.59. The lowest BCUT2D eigenvalue weighted by Gasteiger charge is -2.18. The Morgan fingerprint density at radius 1 is 1.23 bits per heavy atom. The molecular formula is C28H33N9O2.